The van der Waals surface area contributed by atoms with Crippen LogP contribution in [0.15, 0.2) is 76.0 Å². The molecule has 0 radical (unpaired) electrons. The number of carbonyl (C=O) groups is 2. The molecule has 1 aliphatic rings. The van der Waals surface area contributed by atoms with Crippen molar-refractivity contribution in [2.45, 2.75) is 6.92 Å². The Hall–Kier alpha value is -3.40. The van der Waals surface area contributed by atoms with E-state index >= 15 is 0 Å². The SMILES string of the molecule is CCOc1cc(/C=C2\N=C(c3ccco3)OC2=O)cc(I)c1OC(=O)c1ccccc1. The van der Waals surface area contributed by atoms with Gasteiger partial charge in [0.2, 0.25) is 0 Å². The maximum atomic E-state index is 12.5. The van der Waals surface area contributed by atoms with Crippen molar-refractivity contribution in [2.24, 2.45) is 4.99 Å². The summed E-state index contributed by atoms with van der Waals surface area (Å²) >= 11 is 2.05. The molecule has 0 spiro atoms. The standard InChI is InChI=1S/C23H16INO6/c1-2-28-19-13-14(12-17-23(27)31-21(25-17)18-9-6-10-29-18)11-16(24)20(19)30-22(26)15-7-4-3-5-8-15/h3-13H,2H2,1H3/b17-12-. The van der Waals surface area contributed by atoms with Gasteiger partial charge in [-0.2, -0.15) is 0 Å². The van der Waals surface area contributed by atoms with Crippen molar-refractivity contribution < 1.29 is 28.2 Å². The first-order chi connectivity index (χ1) is 15.0. The van der Waals surface area contributed by atoms with Gasteiger partial charge in [-0.1, -0.05) is 18.2 Å². The van der Waals surface area contributed by atoms with Crippen LogP contribution in [0.2, 0.25) is 0 Å². The molecule has 31 heavy (non-hydrogen) atoms. The van der Waals surface area contributed by atoms with Gasteiger partial charge in [0, 0.05) is 0 Å². The van der Waals surface area contributed by atoms with Crippen molar-refractivity contribution in [1.29, 1.82) is 0 Å². The second-order valence-corrected chi connectivity index (χ2v) is 7.49. The van der Waals surface area contributed by atoms with Crippen molar-refractivity contribution in [2.75, 3.05) is 6.61 Å². The average molecular weight is 529 g/mol. The second-order valence-electron chi connectivity index (χ2n) is 6.33. The molecule has 8 heteroatoms. The molecular formula is C23H16INO6. The van der Waals surface area contributed by atoms with Crippen molar-refractivity contribution in [3.05, 3.63) is 87.0 Å². The van der Waals surface area contributed by atoms with Gasteiger partial charge in [-0.3, -0.25) is 0 Å². The quantitative estimate of drug-likeness (QED) is 0.197. The molecule has 2 heterocycles. The van der Waals surface area contributed by atoms with E-state index in [0.717, 1.165) is 0 Å². The van der Waals surface area contributed by atoms with Gasteiger partial charge >= 0.3 is 11.9 Å². The molecule has 0 amide bonds. The molecule has 1 aliphatic heterocycles. The molecule has 156 valence electrons. The van der Waals surface area contributed by atoms with Crippen LogP contribution in [-0.4, -0.2) is 24.4 Å². The van der Waals surface area contributed by atoms with Crippen LogP contribution >= 0.6 is 22.6 Å². The summed E-state index contributed by atoms with van der Waals surface area (Å²) in [6.45, 7) is 2.20. The van der Waals surface area contributed by atoms with Crippen molar-refractivity contribution >= 4 is 46.5 Å². The Kier molecular flexibility index (Phi) is 6.17. The third kappa shape index (κ3) is 4.69. The number of aliphatic imine (C=N–C) groups is 1. The van der Waals surface area contributed by atoms with Crippen molar-refractivity contribution in [3.63, 3.8) is 0 Å². The third-order valence-corrected chi connectivity index (χ3v) is 4.99. The lowest BCUT2D eigenvalue weighted by Gasteiger charge is -2.13. The Bertz CT molecular complexity index is 1180. The fourth-order valence-electron chi connectivity index (χ4n) is 2.83. The van der Waals surface area contributed by atoms with E-state index in [4.69, 9.17) is 18.6 Å². The Morgan fingerprint density at radius 3 is 2.68 bits per heavy atom. The highest BCUT2D eigenvalue weighted by atomic mass is 127. The number of cyclic esters (lactones) is 1. The average Bonchev–Trinajstić information content (AvgIpc) is 3.42. The predicted octanol–water partition coefficient (Wildman–Crippen LogP) is 4.85. The maximum absolute atomic E-state index is 12.5. The summed E-state index contributed by atoms with van der Waals surface area (Å²) in [5, 5.41) is 0. The number of carbonyl (C=O) groups excluding carboxylic acids is 2. The minimum atomic E-state index is -0.584. The fourth-order valence-corrected chi connectivity index (χ4v) is 3.57. The van der Waals surface area contributed by atoms with Crippen molar-refractivity contribution in [1.82, 2.24) is 0 Å². The van der Waals surface area contributed by atoms with Gasteiger partial charge in [0.1, 0.15) is 0 Å². The van der Waals surface area contributed by atoms with E-state index in [9.17, 15) is 9.59 Å². The molecule has 0 fully saturated rings. The number of ether oxygens (including phenoxy) is 3. The summed E-state index contributed by atoms with van der Waals surface area (Å²) < 4.78 is 22.3. The van der Waals surface area contributed by atoms with E-state index in [1.54, 1.807) is 54.6 Å². The second kappa shape index (κ2) is 9.17. The lowest BCUT2D eigenvalue weighted by Crippen LogP contribution is -2.10. The minimum absolute atomic E-state index is 0.106. The van der Waals surface area contributed by atoms with Gasteiger partial charge in [0.15, 0.2) is 23.0 Å². The minimum Gasteiger partial charge on any atom is -0.490 e. The van der Waals surface area contributed by atoms with Gasteiger partial charge in [0.05, 0.1) is 22.0 Å². The molecule has 0 unspecified atom stereocenters. The lowest BCUT2D eigenvalue weighted by atomic mass is 10.1. The predicted molar refractivity (Wildman–Crippen MR) is 121 cm³/mol. The molecule has 7 nitrogen and oxygen atoms in total. The number of rotatable bonds is 6. The molecule has 2 aromatic carbocycles. The molecule has 0 bridgehead atoms. The van der Waals surface area contributed by atoms with E-state index < -0.39 is 11.9 Å². The molecule has 0 saturated carbocycles. The zero-order valence-corrected chi connectivity index (χ0v) is 18.5. The molecule has 1 aromatic heterocycles. The number of nitrogens with zero attached hydrogens (tertiary/aromatic N) is 1. The van der Waals surface area contributed by atoms with E-state index in [1.165, 1.54) is 6.26 Å². The molecule has 3 aromatic rings. The first-order valence-corrected chi connectivity index (χ1v) is 10.4. The van der Waals surface area contributed by atoms with Crippen LogP contribution in [-0.2, 0) is 9.53 Å². The number of hydrogen-bond acceptors (Lipinski definition) is 7. The molecule has 4 rings (SSSR count). The van der Waals surface area contributed by atoms with E-state index in [-0.39, 0.29) is 11.6 Å². The van der Waals surface area contributed by atoms with E-state index in [2.05, 4.69) is 27.6 Å². The monoisotopic (exact) mass is 529 g/mol. The summed E-state index contributed by atoms with van der Waals surface area (Å²) in [5.74, 6) is 0.0924. The number of furan rings is 1. The van der Waals surface area contributed by atoms with Crippen LogP contribution in [0.3, 0.4) is 0 Å². The normalized spacial score (nSPS) is 14.3. The molecular weight excluding hydrogens is 513 g/mol. The first-order valence-electron chi connectivity index (χ1n) is 9.35. The van der Waals surface area contributed by atoms with E-state index in [0.29, 0.717) is 38.6 Å². The molecule has 0 aliphatic carbocycles. The topological polar surface area (TPSA) is 87.3 Å². The zero-order valence-electron chi connectivity index (χ0n) is 16.3. The fraction of sp³-hybridized carbons (Fsp3) is 0.0870. The Balaban J connectivity index is 1.65. The zero-order chi connectivity index (χ0) is 21.8. The number of esters is 2. The molecule has 0 N–H and O–H groups in total. The highest BCUT2D eigenvalue weighted by molar-refractivity contribution is 14.1. The summed E-state index contributed by atoms with van der Waals surface area (Å²) in [7, 11) is 0. The van der Waals surface area contributed by atoms with Gasteiger partial charge in [0.25, 0.3) is 5.90 Å². The van der Waals surface area contributed by atoms with Gasteiger partial charge in [-0.15, -0.1) is 0 Å². The first kappa shape index (κ1) is 20.9. The van der Waals surface area contributed by atoms with Gasteiger partial charge in [-0.05, 0) is 77.6 Å². The maximum Gasteiger partial charge on any atom is 0.363 e. The highest BCUT2D eigenvalue weighted by Crippen LogP contribution is 2.36. The summed E-state index contributed by atoms with van der Waals surface area (Å²) in [5.41, 5.74) is 1.20. The van der Waals surface area contributed by atoms with Crippen LogP contribution in [0.25, 0.3) is 6.08 Å². The smallest absolute Gasteiger partial charge is 0.363 e. The Morgan fingerprint density at radius 1 is 1.16 bits per heavy atom. The van der Waals surface area contributed by atoms with Crippen LogP contribution in [0.5, 0.6) is 11.5 Å². The highest BCUT2D eigenvalue weighted by Gasteiger charge is 2.26. The Morgan fingerprint density at radius 2 is 1.97 bits per heavy atom. The van der Waals surface area contributed by atoms with Crippen LogP contribution in [0.4, 0.5) is 0 Å². The third-order valence-electron chi connectivity index (χ3n) is 4.19. The molecule has 0 atom stereocenters. The van der Waals surface area contributed by atoms with Crippen LogP contribution in [0.1, 0.15) is 28.6 Å². The van der Waals surface area contributed by atoms with E-state index in [1.807, 2.05) is 13.0 Å². The van der Waals surface area contributed by atoms with Gasteiger partial charge < -0.3 is 18.6 Å². The number of hydrogen-bond donors (Lipinski definition) is 0. The Labute approximate surface area is 191 Å². The van der Waals surface area contributed by atoms with Crippen molar-refractivity contribution in [3.8, 4) is 11.5 Å². The summed E-state index contributed by atoms with van der Waals surface area (Å²) in [4.78, 5) is 28.9. The van der Waals surface area contributed by atoms with Crippen LogP contribution in [0, 0.1) is 3.57 Å². The largest absolute Gasteiger partial charge is 0.490 e. The molecule has 0 saturated heterocycles. The summed E-state index contributed by atoms with van der Waals surface area (Å²) in [6, 6.07) is 15.5. The number of halogens is 1. The van der Waals surface area contributed by atoms with Gasteiger partial charge in [-0.25, -0.2) is 14.6 Å². The lowest BCUT2D eigenvalue weighted by molar-refractivity contribution is -0.130. The van der Waals surface area contributed by atoms with Crippen LogP contribution < -0.4 is 9.47 Å². The number of benzene rings is 2. The summed E-state index contributed by atoms with van der Waals surface area (Å²) in [6.07, 6.45) is 3.05.